The Morgan fingerprint density at radius 1 is 1.25 bits per heavy atom. The topological polar surface area (TPSA) is 64.1 Å². The number of fused-ring (bicyclic) bond motifs is 1. The van der Waals surface area contributed by atoms with Gasteiger partial charge in [0, 0.05) is 30.5 Å². The number of ether oxygens (including phenoxy) is 1. The Bertz CT molecular complexity index is 869. The highest BCUT2D eigenvalue weighted by Gasteiger charge is 2.17. The molecule has 0 radical (unpaired) electrons. The molecule has 0 unspecified atom stereocenters. The number of pyridine rings is 2. The van der Waals surface area contributed by atoms with Crippen LogP contribution in [0.2, 0.25) is 5.02 Å². The van der Waals surface area contributed by atoms with E-state index in [0.717, 1.165) is 10.9 Å². The Kier molecular flexibility index (Phi) is 4.91. The predicted octanol–water partition coefficient (Wildman–Crippen LogP) is 4.07. The molecule has 0 aliphatic carbocycles. The van der Waals surface area contributed by atoms with E-state index in [-0.39, 0.29) is 0 Å². The van der Waals surface area contributed by atoms with Crippen LogP contribution >= 0.6 is 11.6 Å². The van der Waals surface area contributed by atoms with Crippen LogP contribution in [0.15, 0.2) is 48.9 Å². The Hall–Kier alpha value is -2.66. The predicted molar refractivity (Wildman–Crippen MR) is 94.3 cm³/mol. The van der Waals surface area contributed by atoms with E-state index < -0.39 is 5.97 Å². The van der Waals surface area contributed by atoms with Gasteiger partial charge in [-0.05, 0) is 24.6 Å². The molecule has 2 aromatic heterocycles. The number of esters is 1. The molecule has 0 saturated carbocycles. The standard InChI is InChI=1S/C18H16ClN3O2/c1-2-24-18(23)14-11-22-17-13(6-3-7-15(17)19)16(14)21-10-12-5-4-8-20-9-12/h3-9,11H,2,10H2,1H3,(H,21,22). The van der Waals surface area contributed by atoms with Gasteiger partial charge >= 0.3 is 5.97 Å². The third-order valence-electron chi connectivity index (χ3n) is 3.54. The zero-order valence-corrected chi connectivity index (χ0v) is 13.9. The first kappa shape index (κ1) is 16.2. The van der Waals surface area contributed by atoms with E-state index in [1.807, 2.05) is 24.3 Å². The van der Waals surface area contributed by atoms with E-state index >= 15 is 0 Å². The first-order valence-corrected chi connectivity index (χ1v) is 7.95. The zero-order valence-electron chi connectivity index (χ0n) is 13.1. The fourth-order valence-corrected chi connectivity index (χ4v) is 2.66. The van der Waals surface area contributed by atoms with E-state index in [2.05, 4.69) is 15.3 Å². The molecule has 0 aliphatic heterocycles. The zero-order chi connectivity index (χ0) is 16.9. The molecule has 3 rings (SSSR count). The SMILES string of the molecule is CCOC(=O)c1cnc2c(Cl)cccc2c1NCc1cccnc1. The lowest BCUT2D eigenvalue weighted by atomic mass is 10.1. The molecule has 0 amide bonds. The van der Waals surface area contributed by atoms with Crippen LogP contribution in [0.5, 0.6) is 0 Å². The molecule has 6 heteroatoms. The van der Waals surface area contributed by atoms with Crippen LogP contribution in [0.3, 0.4) is 0 Å². The van der Waals surface area contributed by atoms with E-state index in [9.17, 15) is 4.79 Å². The second kappa shape index (κ2) is 7.27. The van der Waals surface area contributed by atoms with Crippen molar-refractivity contribution in [2.75, 3.05) is 11.9 Å². The largest absolute Gasteiger partial charge is 0.462 e. The number of rotatable bonds is 5. The van der Waals surface area contributed by atoms with Crippen LogP contribution in [-0.2, 0) is 11.3 Å². The highest BCUT2D eigenvalue weighted by molar-refractivity contribution is 6.35. The number of anilines is 1. The smallest absolute Gasteiger partial charge is 0.341 e. The lowest BCUT2D eigenvalue weighted by Crippen LogP contribution is -2.11. The van der Waals surface area contributed by atoms with Crippen molar-refractivity contribution in [3.63, 3.8) is 0 Å². The van der Waals surface area contributed by atoms with E-state index in [1.54, 1.807) is 25.4 Å². The first-order chi connectivity index (χ1) is 11.7. The fraction of sp³-hybridized carbons (Fsp3) is 0.167. The van der Waals surface area contributed by atoms with Gasteiger partial charge in [-0.25, -0.2) is 4.79 Å². The van der Waals surface area contributed by atoms with Gasteiger partial charge in [-0.2, -0.15) is 0 Å². The highest BCUT2D eigenvalue weighted by atomic mass is 35.5. The number of hydrogen-bond donors (Lipinski definition) is 1. The summed E-state index contributed by atoms with van der Waals surface area (Å²) >= 11 is 6.22. The van der Waals surface area contributed by atoms with Gasteiger partial charge in [0.15, 0.2) is 0 Å². The van der Waals surface area contributed by atoms with Gasteiger partial charge in [-0.3, -0.25) is 9.97 Å². The lowest BCUT2D eigenvalue weighted by molar-refractivity contribution is 0.0527. The molecule has 5 nitrogen and oxygen atoms in total. The molecule has 122 valence electrons. The quantitative estimate of drug-likeness (QED) is 0.709. The van der Waals surface area contributed by atoms with Crippen LogP contribution in [0.1, 0.15) is 22.8 Å². The average molecular weight is 342 g/mol. The number of aromatic nitrogens is 2. The van der Waals surface area contributed by atoms with Crippen molar-refractivity contribution in [2.45, 2.75) is 13.5 Å². The molecule has 24 heavy (non-hydrogen) atoms. The maximum absolute atomic E-state index is 12.3. The summed E-state index contributed by atoms with van der Waals surface area (Å²) < 4.78 is 5.14. The molecule has 0 saturated heterocycles. The maximum Gasteiger partial charge on any atom is 0.341 e. The number of carbonyl (C=O) groups is 1. The van der Waals surface area contributed by atoms with Gasteiger partial charge in [-0.1, -0.05) is 29.8 Å². The van der Waals surface area contributed by atoms with Gasteiger partial charge < -0.3 is 10.1 Å². The van der Waals surface area contributed by atoms with Crippen molar-refractivity contribution in [1.82, 2.24) is 9.97 Å². The van der Waals surface area contributed by atoms with Crippen molar-refractivity contribution >= 4 is 34.2 Å². The summed E-state index contributed by atoms with van der Waals surface area (Å²) in [5.41, 5.74) is 2.68. The minimum atomic E-state index is -0.416. The molecular formula is C18H16ClN3O2. The average Bonchev–Trinajstić information content (AvgIpc) is 2.61. The normalized spacial score (nSPS) is 10.6. The lowest BCUT2D eigenvalue weighted by Gasteiger charge is -2.14. The summed E-state index contributed by atoms with van der Waals surface area (Å²) in [4.78, 5) is 20.7. The summed E-state index contributed by atoms with van der Waals surface area (Å²) in [5.74, 6) is -0.416. The van der Waals surface area contributed by atoms with Crippen LogP contribution in [0.4, 0.5) is 5.69 Å². The van der Waals surface area contributed by atoms with Gasteiger partial charge in [-0.15, -0.1) is 0 Å². The molecule has 0 atom stereocenters. The molecule has 3 aromatic rings. The van der Waals surface area contributed by atoms with E-state index in [4.69, 9.17) is 16.3 Å². The first-order valence-electron chi connectivity index (χ1n) is 7.58. The van der Waals surface area contributed by atoms with Crippen LogP contribution in [-0.4, -0.2) is 22.5 Å². The molecule has 1 aromatic carbocycles. The highest BCUT2D eigenvalue weighted by Crippen LogP contribution is 2.31. The van der Waals surface area contributed by atoms with Crippen molar-refractivity contribution in [2.24, 2.45) is 0 Å². The van der Waals surface area contributed by atoms with Crippen LogP contribution in [0.25, 0.3) is 10.9 Å². The Labute approximate surface area is 144 Å². The third kappa shape index (κ3) is 3.31. The molecule has 0 fully saturated rings. The Morgan fingerprint density at radius 2 is 2.12 bits per heavy atom. The van der Waals surface area contributed by atoms with Crippen molar-refractivity contribution in [3.8, 4) is 0 Å². The van der Waals surface area contributed by atoms with E-state index in [1.165, 1.54) is 6.20 Å². The molecule has 0 spiro atoms. The Morgan fingerprint density at radius 3 is 2.88 bits per heavy atom. The van der Waals surface area contributed by atoms with Gasteiger partial charge in [0.05, 0.1) is 22.8 Å². The summed E-state index contributed by atoms with van der Waals surface area (Å²) in [6.07, 6.45) is 4.99. The van der Waals surface area contributed by atoms with Crippen molar-refractivity contribution < 1.29 is 9.53 Å². The number of benzene rings is 1. The number of nitrogens with one attached hydrogen (secondary N) is 1. The van der Waals surface area contributed by atoms with E-state index in [0.29, 0.717) is 34.9 Å². The van der Waals surface area contributed by atoms with Crippen LogP contribution < -0.4 is 5.32 Å². The van der Waals surface area contributed by atoms with Gasteiger partial charge in [0.2, 0.25) is 0 Å². The minimum absolute atomic E-state index is 0.300. The summed E-state index contributed by atoms with van der Waals surface area (Å²) in [6.45, 7) is 2.59. The molecular weight excluding hydrogens is 326 g/mol. The fourth-order valence-electron chi connectivity index (χ4n) is 2.43. The Balaban J connectivity index is 2.05. The molecule has 2 heterocycles. The minimum Gasteiger partial charge on any atom is -0.462 e. The number of nitrogens with zero attached hydrogens (tertiary/aromatic N) is 2. The number of carbonyl (C=O) groups excluding carboxylic acids is 1. The third-order valence-corrected chi connectivity index (χ3v) is 3.84. The number of halogens is 1. The second-order valence-corrected chi connectivity index (χ2v) is 5.53. The summed E-state index contributed by atoms with van der Waals surface area (Å²) in [6, 6.07) is 9.30. The summed E-state index contributed by atoms with van der Waals surface area (Å²) in [7, 11) is 0. The number of hydrogen-bond acceptors (Lipinski definition) is 5. The number of para-hydroxylation sites is 1. The molecule has 0 bridgehead atoms. The molecule has 1 N–H and O–H groups in total. The van der Waals surface area contributed by atoms with Crippen molar-refractivity contribution in [1.29, 1.82) is 0 Å². The van der Waals surface area contributed by atoms with Crippen LogP contribution in [0, 0.1) is 0 Å². The maximum atomic E-state index is 12.3. The second-order valence-electron chi connectivity index (χ2n) is 5.12. The summed E-state index contributed by atoms with van der Waals surface area (Å²) in [5, 5.41) is 4.61. The molecule has 0 aliphatic rings. The van der Waals surface area contributed by atoms with Gasteiger partial charge in [0.1, 0.15) is 5.56 Å². The van der Waals surface area contributed by atoms with Gasteiger partial charge in [0.25, 0.3) is 0 Å². The monoisotopic (exact) mass is 341 g/mol. The van der Waals surface area contributed by atoms with Crippen molar-refractivity contribution in [3.05, 3.63) is 65.1 Å².